The third-order valence-electron chi connectivity index (χ3n) is 1.78. The Kier molecular flexibility index (Phi) is 2.83. The topological polar surface area (TPSA) is 78.5 Å². The van der Waals surface area contributed by atoms with Gasteiger partial charge in [0, 0.05) is 0 Å². The van der Waals surface area contributed by atoms with Crippen molar-refractivity contribution < 1.29 is 0 Å². The van der Waals surface area contributed by atoms with Crippen molar-refractivity contribution in [3.05, 3.63) is 17.7 Å². The van der Waals surface area contributed by atoms with Crippen molar-refractivity contribution >= 4 is 0 Å². The lowest BCUT2D eigenvalue weighted by Gasteiger charge is -2.05. The molecule has 0 saturated carbocycles. The average Bonchev–Trinajstić information content (AvgIpc) is 2.51. The highest BCUT2D eigenvalue weighted by molar-refractivity contribution is 5.25. The van der Waals surface area contributed by atoms with Gasteiger partial charge in [-0.2, -0.15) is 5.26 Å². The lowest BCUT2D eigenvalue weighted by molar-refractivity contribution is 0.585. The summed E-state index contributed by atoms with van der Waals surface area (Å²) in [6.45, 7) is 2.67. The predicted octanol–water partition coefficient (Wildman–Crippen LogP) is 0.419. The Hall–Kier alpha value is -1.34. The maximum Gasteiger partial charge on any atom is 0.161 e. The van der Waals surface area contributed by atoms with E-state index in [0.29, 0.717) is 18.2 Å². The van der Waals surface area contributed by atoms with Crippen molar-refractivity contribution in [2.24, 2.45) is 11.7 Å². The minimum Gasteiger partial charge on any atom is -0.347 e. The molecule has 0 bridgehead atoms. The Morgan fingerprint density at radius 3 is 3.17 bits per heavy atom. The SMILES string of the molecule is CC(CN)Cc1[nH]cnc1C#N. The smallest absolute Gasteiger partial charge is 0.161 e. The number of aromatic nitrogens is 2. The number of H-pyrrole nitrogens is 1. The molecule has 1 rings (SSSR count). The number of nitrogens with zero attached hydrogens (tertiary/aromatic N) is 2. The predicted molar refractivity (Wildman–Crippen MR) is 45.2 cm³/mol. The third-order valence-corrected chi connectivity index (χ3v) is 1.78. The molecular formula is C8H12N4. The van der Waals surface area contributed by atoms with Gasteiger partial charge in [0.25, 0.3) is 0 Å². The molecule has 12 heavy (non-hydrogen) atoms. The summed E-state index contributed by atoms with van der Waals surface area (Å²) < 4.78 is 0. The van der Waals surface area contributed by atoms with E-state index in [1.807, 2.05) is 13.0 Å². The number of imidazole rings is 1. The van der Waals surface area contributed by atoms with E-state index < -0.39 is 0 Å². The van der Waals surface area contributed by atoms with Crippen molar-refractivity contribution in [1.82, 2.24) is 9.97 Å². The van der Waals surface area contributed by atoms with Gasteiger partial charge in [0.1, 0.15) is 6.07 Å². The van der Waals surface area contributed by atoms with Crippen LogP contribution in [0.15, 0.2) is 6.33 Å². The summed E-state index contributed by atoms with van der Waals surface area (Å²) in [6, 6.07) is 2.02. The van der Waals surface area contributed by atoms with E-state index in [2.05, 4.69) is 9.97 Å². The highest BCUT2D eigenvalue weighted by Gasteiger charge is 2.07. The van der Waals surface area contributed by atoms with Crippen LogP contribution in [0.4, 0.5) is 0 Å². The van der Waals surface area contributed by atoms with Gasteiger partial charge in [-0.15, -0.1) is 0 Å². The van der Waals surface area contributed by atoms with Crippen LogP contribution in [0.3, 0.4) is 0 Å². The van der Waals surface area contributed by atoms with Gasteiger partial charge in [-0.3, -0.25) is 0 Å². The Labute approximate surface area is 71.4 Å². The molecule has 0 amide bonds. The van der Waals surface area contributed by atoms with E-state index in [4.69, 9.17) is 11.0 Å². The first-order valence-corrected chi connectivity index (χ1v) is 3.90. The van der Waals surface area contributed by atoms with Crippen LogP contribution in [0.1, 0.15) is 18.3 Å². The molecule has 0 fully saturated rings. The van der Waals surface area contributed by atoms with Crippen LogP contribution < -0.4 is 5.73 Å². The van der Waals surface area contributed by atoms with E-state index in [0.717, 1.165) is 12.1 Å². The summed E-state index contributed by atoms with van der Waals surface area (Å²) in [5.74, 6) is 0.387. The normalized spacial score (nSPS) is 12.4. The molecule has 0 saturated heterocycles. The zero-order valence-electron chi connectivity index (χ0n) is 7.04. The first kappa shape index (κ1) is 8.75. The lowest BCUT2D eigenvalue weighted by Crippen LogP contribution is -2.13. The molecule has 1 atom stereocenters. The molecule has 0 aliphatic rings. The number of aromatic amines is 1. The minimum absolute atomic E-state index is 0.387. The largest absolute Gasteiger partial charge is 0.347 e. The molecule has 1 aromatic rings. The van der Waals surface area contributed by atoms with Crippen molar-refractivity contribution in [2.45, 2.75) is 13.3 Å². The summed E-state index contributed by atoms with van der Waals surface area (Å²) in [6.07, 6.45) is 2.33. The van der Waals surface area contributed by atoms with Crippen molar-refractivity contribution in [3.8, 4) is 6.07 Å². The van der Waals surface area contributed by atoms with Crippen LogP contribution in [0.2, 0.25) is 0 Å². The Morgan fingerprint density at radius 1 is 1.83 bits per heavy atom. The molecule has 4 heteroatoms. The van der Waals surface area contributed by atoms with E-state index in [1.165, 1.54) is 6.33 Å². The highest BCUT2D eigenvalue weighted by Crippen LogP contribution is 2.07. The second kappa shape index (κ2) is 3.88. The molecule has 0 aliphatic heterocycles. The van der Waals surface area contributed by atoms with Crippen molar-refractivity contribution in [3.63, 3.8) is 0 Å². The molecule has 64 valence electrons. The first-order chi connectivity index (χ1) is 5.77. The van der Waals surface area contributed by atoms with E-state index in [1.54, 1.807) is 0 Å². The Balaban J connectivity index is 2.69. The number of nitrogens with one attached hydrogen (secondary N) is 1. The van der Waals surface area contributed by atoms with Gasteiger partial charge < -0.3 is 10.7 Å². The molecule has 3 N–H and O–H groups in total. The van der Waals surface area contributed by atoms with Crippen LogP contribution in [-0.2, 0) is 6.42 Å². The average molecular weight is 164 g/mol. The molecule has 4 nitrogen and oxygen atoms in total. The molecule has 1 heterocycles. The summed E-state index contributed by atoms with van der Waals surface area (Å²) in [7, 11) is 0. The molecular weight excluding hydrogens is 152 g/mol. The van der Waals surface area contributed by atoms with Gasteiger partial charge in [-0.05, 0) is 18.9 Å². The molecule has 1 unspecified atom stereocenters. The zero-order valence-corrected chi connectivity index (χ0v) is 7.04. The summed E-state index contributed by atoms with van der Waals surface area (Å²) in [4.78, 5) is 6.80. The Morgan fingerprint density at radius 2 is 2.58 bits per heavy atom. The standard InChI is InChI=1S/C8H12N4/c1-6(3-9)2-7-8(4-10)12-5-11-7/h5-6H,2-3,9H2,1H3,(H,11,12). The van der Waals surface area contributed by atoms with Crippen molar-refractivity contribution in [1.29, 1.82) is 5.26 Å². The van der Waals surface area contributed by atoms with Gasteiger partial charge in [-0.25, -0.2) is 4.98 Å². The highest BCUT2D eigenvalue weighted by atomic mass is 14.9. The number of hydrogen-bond donors (Lipinski definition) is 2. The van der Waals surface area contributed by atoms with Crippen LogP contribution in [0.5, 0.6) is 0 Å². The van der Waals surface area contributed by atoms with Crippen molar-refractivity contribution in [2.75, 3.05) is 6.54 Å². The van der Waals surface area contributed by atoms with Crippen LogP contribution >= 0.6 is 0 Å². The van der Waals surface area contributed by atoms with E-state index in [-0.39, 0.29) is 0 Å². The van der Waals surface area contributed by atoms with Gasteiger partial charge in [0.2, 0.25) is 0 Å². The summed E-state index contributed by atoms with van der Waals surface area (Å²) in [5.41, 5.74) is 6.83. The fourth-order valence-electron chi connectivity index (χ4n) is 1.00. The number of nitrogens with two attached hydrogens (primary N) is 1. The van der Waals surface area contributed by atoms with Gasteiger partial charge in [0.05, 0.1) is 12.0 Å². The fraction of sp³-hybridized carbons (Fsp3) is 0.500. The minimum atomic E-state index is 0.387. The second-order valence-electron chi connectivity index (χ2n) is 2.89. The number of hydrogen-bond acceptors (Lipinski definition) is 3. The molecule has 0 spiro atoms. The maximum atomic E-state index is 8.63. The summed E-state index contributed by atoms with van der Waals surface area (Å²) in [5, 5.41) is 8.63. The Bertz CT molecular complexity index is 283. The van der Waals surface area contributed by atoms with E-state index in [9.17, 15) is 0 Å². The molecule has 1 aromatic heterocycles. The van der Waals surface area contributed by atoms with Crippen LogP contribution in [0, 0.1) is 17.2 Å². The zero-order chi connectivity index (χ0) is 8.97. The fourth-order valence-corrected chi connectivity index (χ4v) is 1.00. The number of rotatable bonds is 3. The van der Waals surface area contributed by atoms with Gasteiger partial charge in [-0.1, -0.05) is 6.92 Å². The van der Waals surface area contributed by atoms with Crippen LogP contribution in [0.25, 0.3) is 0 Å². The van der Waals surface area contributed by atoms with Crippen LogP contribution in [-0.4, -0.2) is 16.5 Å². The first-order valence-electron chi connectivity index (χ1n) is 3.90. The van der Waals surface area contributed by atoms with Gasteiger partial charge in [0.15, 0.2) is 5.69 Å². The van der Waals surface area contributed by atoms with Gasteiger partial charge >= 0.3 is 0 Å². The monoisotopic (exact) mass is 164 g/mol. The quantitative estimate of drug-likeness (QED) is 0.679. The molecule has 0 aromatic carbocycles. The molecule has 0 radical (unpaired) electrons. The summed E-state index contributed by atoms with van der Waals surface area (Å²) >= 11 is 0. The second-order valence-corrected chi connectivity index (χ2v) is 2.89. The maximum absolute atomic E-state index is 8.63. The van der Waals surface area contributed by atoms with E-state index >= 15 is 0 Å². The number of nitriles is 1. The molecule has 0 aliphatic carbocycles. The lowest BCUT2D eigenvalue weighted by atomic mass is 10.1. The third kappa shape index (κ3) is 1.83.